The first-order valence-corrected chi connectivity index (χ1v) is 7.18. The second-order valence-corrected chi connectivity index (χ2v) is 5.48. The summed E-state index contributed by atoms with van der Waals surface area (Å²) >= 11 is 6.04. The molecule has 1 aromatic rings. The maximum Gasteiger partial charge on any atom is 0.0266 e. The second-order valence-electron chi connectivity index (χ2n) is 5.18. The highest BCUT2D eigenvalue weighted by Crippen LogP contribution is 2.25. The fourth-order valence-corrected chi connectivity index (χ4v) is 3.10. The van der Waals surface area contributed by atoms with Gasteiger partial charge < -0.3 is 5.32 Å². The highest BCUT2D eigenvalue weighted by molar-refractivity contribution is 6.18. The van der Waals surface area contributed by atoms with Crippen LogP contribution in [0.2, 0.25) is 0 Å². The van der Waals surface area contributed by atoms with Crippen molar-refractivity contribution in [2.24, 2.45) is 5.92 Å². The van der Waals surface area contributed by atoms with Gasteiger partial charge in [0, 0.05) is 18.5 Å². The van der Waals surface area contributed by atoms with Gasteiger partial charge in [0.05, 0.1) is 0 Å². The summed E-state index contributed by atoms with van der Waals surface area (Å²) in [4.78, 5) is 0. The standard InChI is InChI=1S/C15H22ClN/c1-12-5-4-6-13(9-12)11-17-15-8-3-2-7-14(15)10-16/h4-6,9,14-15,17H,2-3,7-8,10-11H2,1H3. The molecular formula is C15H22ClN. The van der Waals surface area contributed by atoms with Crippen LogP contribution in [-0.4, -0.2) is 11.9 Å². The van der Waals surface area contributed by atoms with Gasteiger partial charge in [-0.2, -0.15) is 0 Å². The third-order valence-electron chi connectivity index (χ3n) is 3.76. The van der Waals surface area contributed by atoms with E-state index in [0.717, 1.165) is 12.4 Å². The lowest BCUT2D eigenvalue weighted by Crippen LogP contribution is -2.38. The summed E-state index contributed by atoms with van der Waals surface area (Å²) in [6, 6.07) is 9.34. The molecule has 2 rings (SSSR count). The molecule has 17 heavy (non-hydrogen) atoms. The zero-order chi connectivity index (χ0) is 12.1. The van der Waals surface area contributed by atoms with Gasteiger partial charge in [-0.3, -0.25) is 0 Å². The summed E-state index contributed by atoms with van der Waals surface area (Å²) in [5, 5.41) is 3.68. The van der Waals surface area contributed by atoms with E-state index >= 15 is 0 Å². The number of alkyl halides is 1. The zero-order valence-corrected chi connectivity index (χ0v) is 11.3. The van der Waals surface area contributed by atoms with E-state index in [4.69, 9.17) is 11.6 Å². The highest BCUT2D eigenvalue weighted by atomic mass is 35.5. The molecule has 1 aliphatic rings. The smallest absolute Gasteiger partial charge is 0.0266 e. The van der Waals surface area contributed by atoms with Crippen molar-refractivity contribution < 1.29 is 0 Å². The molecule has 1 fully saturated rings. The van der Waals surface area contributed by atoms with E-state index in [1.54, 1.807) is 0 Å². The molecule has 1 aromatic carbocycles. The van der Waals surface area contributed by atoms with Crippen molar-refractivity contribution in [3.8, 4) is 0 Å². The number of rotatable bonds is 4. The van der Waals surface area contributed by atoms with E-state index in [9.17, 15) is 0 Å². The Kier molecular flexibility index (Phi) is 4.87. The maximum absolute atomic E-state index is 6.04. The molecule has 1 aliphatic carbocycles. The van der Waals surface area contributed by atoms with E-state index in [1.807, 2.05) is 0 Å². The molecule has 0 bridgehead atoms. The average Bonchev–Trinajstić information content (AvgIpc) is 2.37. The third-order valence-corrected chi connectivity index (χ3v) is 4.15. The zero-order valence-electron chi connectivity index (χ0n) is 10.6. The van der Waals surface area contributed by atoms with Gasteiger partial charge in [-0.15, -0.1) is 11.6 Å². The van der Waals surface area contributed by atoms with E-state index in [1.165, 1.54) is 36.8 Å². The molecule has 0 aliphatic heterocycles. The summed E-state index contributed by atoms with van der Waals surface area (Å²) < 4.78 is 0. The Morgan fingerprint density at radius 3 is 2.88 bits per heavy atom. The van der Waals surface area contributed by atoms with Gasteiger partial charge in [-0.25, -0.2) is 0 Å². The summed E-state index contributed by atoms with van der Waals surface area (Å²) in [5.74, 6) is 1.46. The van der Waals surface area contributed by atoms with Gasteiger partial charge in [0.1, 0.15) is 0 Å². The van der Waals surface area contributed by atoms with Gasteiger partial charge >= 0.3 is 0 Å². The van der Waals surface area contributed by atoms with Crippen LogP contribution in [0.5, 0.6) is 0 Å². The summed E-state index contributed by atoms with van der Waals surface area (Å²) in [6.45, 7) is 3.12. The fraction of sp³-hybridized carbons (Fsp3) is 0.600. The molecule has 0 saturated heterocycles. The first kappa shape index (κ1) is 12.9. The second kappa shape index (κ2) is 6.42. The van der Waals surface area contributed by atoms with Crippen molar-refractivity contribution in [3.63, 3.8) is 0 Å². The SMILES string of the molecule is Cc1cccc(CNC2CCCCC2CCl)c1. The minimum atomic E-state index is 0.613. The maximum atomic E-state index is 6.04. The number of hydrogen-bond acceptors (Lipinski definition) is 1. The van der Waals surface area contributed by atoms with E-state index in [-0.39, 0.29) is 0 Å². The van der Waals surface area contributed by atoms with Crippen LogP contribution < -0.4 is 5.32 Å². The van der Waals surface area contributed by atoms with Crippen LogP contribution in [-0.2, 0) is 6.54 Å². The molecule has 1 nitrogen and oxygen atoms in total. The highest BCUT2D eigenvalue weighted by Gasteiger charge is 2.23. The predicted molar refractivity (Wildman–Crippen MR) is 74.5 cm³/mol. The number of aryl methyl sites for hydroxylation is 1. The molecule has 2 heteroatoms. The Bertz CT molecular complexity index is 351. The predicted octanol–water partition coefficient (Wildman–Crippen LogP) is 3.88. The Balaban J connectivity index is 1.88. The van der Waals surface area contributed by atoms with E-state index in [2.05, 4.69) is 36.5 Å². The minimum absolute atomic E-state index is 0.613. The van der Waals surface area contributed by atoms with Crippen molar-refractivity contribution in [2.45, 2.75) is 45.2 Å². The lowest BCUT2D eigenvalue weighted by atomic mass is 9.85. The topological polar surface area (TPSA) is 12.0 Å². The molecule has 0 spiro atoms. The van der Waals surface area contributed by atoms with Crippen molar-refractivity contribution >= 4 is 11.6 Å². The molecular weight excluding hydrogens is 230 g/mol. The van der Waals surface area contributed by atoms with Crippen molar-refractivity contribution in [1.29, 1.82) is 0 Å². The molecule has 0 amide bonds. The van der Waals surface area contributed by atoms with Crippen molar-refractivity contribution in [2.75, 3.05) is 5.88 Å². The number of nitrogens with one attached hydrogen (secondary N) is 1. The minimum Gasteiger partial charge on any atom is -0.310 e. The quantitative estimate of drug-likeness (QED) is 0.801. The van der Waals surface area contributed by atoms with Crippen LogP contribution in [0.3, 0.4) is 0 Å². The number of halogens is 1. The van der Waals surface area contributed by atoms with Crippen LogP contribution in [0.1, 0.15) is 36.8 Å². The molecule has 1 N–H and O–H groups in total. The van der Waals surface area contributed by atoms with Crippen molar-refractivity contribution in [3.05, 3.63) is 35.4 Å². The molecule has 1 saturated carbocycles. The third kappa shape index (κ3) is 3.72. The summed E-state index contributed by atoms with van der Waals surface area (Å²) in [6.07, 6.45) is 5.26. The first-order chi connectivity index (χ1) is 8.29. The summed E-state index contributed by atoms with van der Waals surface area (Å²) in [7, 11) is 0. The van der Waals surface area contributed by atoms with Gasteiger partial charge in [-0.05, 0) is 31.2 Å². The molecule has 0 heterocycles. The van der Waals surface area contributed by atoms with E-state index in [0.29, 0.717) is 12.0 Å². The Morgan fingerprint density at radius 1 is 1.29 bits per heavy atom. The normalized spacial score (nSPS) is 24.8. The van der Waals surface area contributed by atoms with Gasteiger partial charge in [-0.1, -0.05) is 42.7 Å². The fourth-order valence-electron chi connectivity index (χ4n) is 2.73. The Hall–Kier alpha value is -0.530. The number of benzene rings is 1. The van der Waals surface area contributed by atoms with Gasteiger partial charge in [0.2, 0.25) is 0 Å². The van der Waals surface area contributed by atoms with Crippen LogP contribution in [0.25, 0.3) is 0 Å². The molecule has 2 atom stereocenters. The summed E-state index contributed by atoms with van der Waals surface area (Å²) in [5.41, 5.74) is 2.71. The van der Waals surface area contributed by atoms with Crippen LogP contribution in [0.15, 0.2) is 24.3 Å². The van der Waals surface area contributed by atoms with Crippen LogP contribution >= 0.6 is 11.6 Å². The molecule has 0 aromatic heterocycles. The van der Waals surface area contributed by atoms with Gasteiger partial charge in [0.15, 0.2) is 0 Å². The largest absolute Gasteiger partial charge is 0.310 e. The lowest BCUT2D eigenvalue weighted by Gasteiger charge is -2.31. The van der Waals surface area contributed by atoms with Crippen LogP contribution in [0, 0.1) is 12.8 Å². The van der Waals surface area contributed by atoms with E-state index < -0.39 is 0 Å². The first-order valence-electron chi connectivity index (χ1n) is 6.64. The van der Waals surface area contributed by atoms with Gasteiger partial charge in [0.25, 0.3) is 0 Å². The number of hydrogen-bond donors (Lipinski definition) is 1. The average molecular weight is 252 g/mol. The molecule has 0 radical (unpaired) electrons. The van der Waals surface area contributed by atoms with Crippen molar-refractivity contribution in [1.82, 2.24) is 5.32 Å². The Labute approximate surface area is 110 Å². The van der Waals surface area contributed by atoms with Crippen LogP contribution in [0.4, 0.5) is 0 Å². The lowest BCUT2D eigenvalue weighted by molar-refractivity contribution is 0.282. The molecule has 94 valence electrons. The monoisotopic (exact) mass is 251 g/mol. The molecule has 2 unspecified atom stereocenters. The Morgan fingerprint density at radius 2 is 2.12 bits per heavy atom.